The van der Waals surface area contributed by atoms with Crippen molar-refractivity contribution in [1.29, 1.82) is 0 Å². The van der Waals surface area contributed by atoms with Crippen LogP contribution < -0.4 is 0 Å². The van der Waals surface area contributed by atoms with E-state index >= 15 is 0 Å². The van der Waals surface area contributed by atoms with E-state index in [0.717, 1.165) is 0 Å². The van der Waals surface area contributed by atoms with Gasteiger partial charge in [-0.25, -0.2) is 4.79 Å². The van der Waals surface area contributed by atoms with E-state index in [1.54, 1.807) is 0 Å². The Labute approximate surface area is 81.5 Å². The van der Waals surface area contributed by atoms with Gasteiger partial charge in [0, 0.05) is 0 Å². The molecule has 3 radical (unpaired) electrons. The first-order valence-electron chi connectivity index (χ1n) is 3.63. The van der Waals surface area contributed by atoms with Gasteiger partial charge < -0.3 is 19.0 Å². The molecular formula is C6H7F2O5Si. The van der Waals surface area contributed by atoms with E-state index in [9.17, 15) is 13.6 Å². The molecule has 1 saturated heterocycles. The van der Waals surface area contributed by atoms with Crippen molar-refractivity contribution in [2.75, 3.05) is 13.4 Å². The van der Waals surface area contributed by atoms with Crippen molar-refractivity contribution in [2.45, 2.75) is 18.1 Å². The van der Waals surface area contributed by atoms with E-state index in [4.69, 9.17) is 9.84 Å². The van der Waals surface area contributed by atoms with Crippen LogP contribution in [0.5, 0.6) is 0 Å². The van der Waals surface area contributed by atoms with Gasteiger partial charge in [0.2, 0.25) is 10.5 Å². The molecule has 1 aliphatic heterocycles. The largest absolute Gasteiger partial charge is 0.477 e. The molecule has 1 rings (SSSR count). The van der Waals surface area contributed by atoms with Crippen molar-refractivity contribution in [2.24, 2.45) is 0 Å². The van der Waals surface area contributed by atoms with E-state index < -0.39 is 24.1 Å². The molecular weight excluding hydrogens is 218 g/mol. The van der Waals surface area contributed by atoms with Gasteiger partial charge in [0.15, 0.2) is 0 Å². The summed E-state index contributed by atoms with van der Waals surface area (Å²) in [7, 11) is 2.40. The Hall–Kier alpha value is -0.573. The molecule has 0 spiro atoms. The predicted molar refractivity (Wildman–Crippen MR) is 38.9 cm³/mol. The first-order chi connectivity index (χ1) is 6.50. The Balaban J connectivity index is 2.73. The lowest BCUT2D eigenvalue weighted by molar-refractivity contribution is -0.189. The Bertz CT molecular complexity index is 218. The van der Waals surface area contributed by atoms with Crippen LogP contribution in [0.25, 0.3) is 0 Å². The highest BCUT2D eigenvalue weighted by atomic mass is 28.2. The Morgan fingerprint density at radius 2 is 2.36 bits per heavy atom. The quantitative estimate of drug-likeness (QED) is 0.656. The number of hydrogen-bond acceptors (Lipinski definition) is 4. The van der Waals surface area contributed by atoms with Crippen LogP contribution >= 0.6 is 0 Å². The van der Waals surface area contributed by atoms with Gasteiger partial charge in [-0.2, -0.15) is 8.78 Å². The van der Waals surface area contributed by atoms with Crippen molar-refractivity contribution in [3.63, 3.8) is 0 Å². The van der Waals surface area contributed by atoms with Gasteiger partial charge in [-0.3, -0.25) is 0 Å². The lowest BCUT2D eigenvalue weighted by Crippen LogP contribution is -2.50. The number of carbonyl (C=O) groups is 1. The van der Waals surface area contributed by atoms with Gasteiger partial charge in [-0.05, 0) is 0 Å². The summed E-state index contributed by atoms with van der Waals surface area (Å²) in [6, 6.07) is 0. The maximum atomic E-state index is 13.0. The van der Waals surface area contributed by atoms with Gasteiger partial charge in [0.1, 0.15) is 19.0 Å². The van der Waals surface area contributed by atoms with Crippen LogP contribution in [0.15, 0.2) is 0 Å². The highest BCUT2D eigenvalue weighted by Gasteiger charge is 2.52. The molecule has 14 heavy (non-hydrogen) atoms. The van der Waals surface area contributed by atoms with Crippen LogP contribution in [0.3, 0.4) is 0 Å². The van der Waals surface area contributed by atoms with Crippen LogP contribution in [0.2, 0.25) is 0 Å². The second kappa shape index (κ2) is 4.30. The number of rotatable bonds is 4. The number of hydrogen-bond donors (Lipinski definition) is 1. The third-order valence-electron chi connectivity index (χ3n) is 1.75. The van der Waals surface area contributed by atoms with Crippen LogP contribution in [0.1, 0.15) is 0 Å². The summed E-state index contributed by atoms with van der Waals surface area (Å²) in [5.41, 5.74) is 0. The second-order valence-corrected chi connectivity index (χ2v) is 2.90. The molecule has 0 amide bonds. The number of halogens is 2. The van der Waals surface area contributed by atoms with Crippen LogP contribution in [0, 0.1) is 0 Å². The third kappa shape index (κ3) is 2.08. The minimum Gasteiger partial charge on any atom is -0.477 e. The molecule has 0 aromatic carbocycles. The van der Waals surface area contributed by atoms with E-state index in [1.807, 2.05) is 0 Å². The Morgan fingerprint density at radius 1 is 1.71 bits per heavy atom. The number of alkyl halides is 2. The van der Waals surface area contributed by atoms with E-state index in [2.05, 4.69) is 19.6 Å². The topological polar surface area (TPSA) is 65.0 Å². The average molecular weight is 225 g/mol. The molecule has 1 heterocycles. The fraction of sp³-hybridized carbons (Fsp3) is 0.833. The minimum absolute atomic E-state index is 0.127. The lowest BCUT2D eigenvalue weighted by atomic mass is 10.1. The summed E-state index contributed by atoms with van der Waals surface area (Å²) < 4.78 is 39.6. The molecule has 2 atom stereocenters. The van der Waals surface area contributed by atoms with Crippen LogP contribution in [0.4, 0.5) is 8.78 Å². The van der Waals surface area contributed by atoms with Gasteiger partial charge in [0.25, 0.3) is 0 Å². The fourth-order valence-corrected chi connectivity index (χ4v) is 1.33. The molecule has 0 aliphatic carbocycles. The summed E-state index contributed by atoms with van der Waals surface area (Å²) in [6.07, 6.45) is -3.02. The van der Waals surface area contributed by atoms with E-state index in [0.29, 0.717) is 0 Å². The van der Waals surface area contributed by atoms with Gasteiger partial charge in [-0.15, -0.1) is 0 Å². The number of carboxylic acids is 1. The molecule has 1 N–H and O–H groups in total. The zero-order chi connectivity index (χ0) is 10.8. The number of aliphatic carboxylic acids is 1. The maximum absolute atomic E-state index is 13.0. The molecule has 0 aromatic rings. The highest BCUT2D eigenvalue weighted by molar-refractivity contribution is 5.98. The summed E-state index contributed by atoms with van der Waals surface area (Å²) in [6.45, 7) is -0.273. The third-order valence-corrected chi connectivity index (χ3v) is 2.01. The van der Waals surface area contributed by atoms with Crippen molar-refractivity contribution in [3.05, 3.63) is 0 Å². The molecule has 0 aromatic heterocycles. The molecule has 2 unspecified atom stereocenters. The number of carboxylic acid groups (broad SMARTS) is 1. The fourth-order valence-electron chi connectivity index (χ4n) is 1.03. The second-order valence-electron chi connectivity index (χ2n) is 2.66. The highest BCUT2D eigenvalue weighted by Crippen LogP contribution is 2.27. The Kier molecular flexibility index (Phi) is 3.53. The maximum Gasteiger partial charge on any atom is 0.377 e. The Morgan fingerprint density at radius 3 is 2.71 bits per heavy atom. The summed E-state index contributed by atoms with van der Waals surface area (Å²) in [5, 5.41) is 8.26. The molecule has 1 aliphatic rings. The monoisotopic (exact) mass is 225 g/mol. The van der Waals surface area contributed by atoms with Crippen LogP contribution in [-0.2, 0) is 18.7 Å². The average Bonchev–Trinajstić information content (AvgIpc) is 2.57. The molecule has 0 bridgehead atoms. The van der Waals surface area contributed by atoms with Gasteiger partial charge >= 0.3 is 11.9 Å². The summed E-state index contributed by atoms with van der Waals surface area (Å²) in [4.78, 5) is 10.2. The van der Waals surface area contributed by atoms with Gasteiger partial charge in [0.05, 0.1) is 6.61 Å². The summed E-state index contributed by atoms with van der Waals surface area (Å²) >= 11 is 0. The zero-order valence-electron chi connectivity index (χ0n) is 6.91. The first kappa shape index (κ1) is 11.5. The van der Waals surface area contributed by atoms with E-state index in [-0.39, 0.29) is 13.4 Å². The first-order valence-corrected chi connectivity index (χ1v) is 4.04. The molecule has 5 nitrogen and oxygen atoms in total. The van der Waals surface area contributed by atoms with Crippen molar-refractivity contribution >= 4 is 16.5 Å². The molecule has 1 fully saturated rings. The minimum atomic E-state index is -4.03. The van der Waals surface area contributed by atoms with Crippen molar-refractivity contribution in [1.82, 2.24) is 0 Å². The normalized spacial score (nSPS) is 24.9. The SMILES string of the molecule is O=C(O)C(F)(F)C(O[Si])C1COCO1. The van der Waals surface area contributed by atoms with Gasteiger partial charge in [-0.1, -0.05) is 0 Å². The predicted octanol–water partition coefficient (Wildman–Crippen LogP) is -0.452. The number of ether oxygens (including phenoxy) is 2. The molecule has 8 heteroatoms. The standard InChI is InChI=1S/C6H7F2O5Si/c7-6(8,5(9)10)4(13-14)3-1-11-2-12-3/h3-4H,1-2H2,(H,9,10). The van der Waals surface area contributed by atoms with Crippen LogP contribution in [-0.4, -0.2) is 53.1 Å². The molecule has 79 valence electrons. The van der Waals surface area contributed by atoms with Crippen molar-refractivity contribution in [3.8, 4) is 0 Å². The lowest BCUT2D eigenvalue weighted by Gasteiger charge is -2.25. The van der Waals surface area contributed by atoms with E-state index in [1.165, 1.54) is 0 Å². The molecule has 0 saturated carbocycles. The van der Waals surface area contributed by atoms with Crippen molar-refractivity contribution < 1.29 is 32.6 Å². The summed E-state index contributed by atoms with van der Waals surface area (Å²) in [5.74, 6) is -6.30. The zero-order valence-corrected chi connectivity index (χ0v) is 7.91. The smallest absolute Gasteiger partial charge is 0.377 e.